The van der Waals surface area contributed by atoms with E-state index in [0.717, 1.165) is 16.9 Å². The van der Waals surface area contributed by atoms with Crippen molar-refractivity contribution in [3.05, 3.63) is 47.3 Å². The van der Waals surface area contributed by atoms with Crippen LogP contribution >= 0.6 is 11.8 Å². The molecule has 27 heavy (non-hydrogen) atoms. The van der Waals surface area contributed by atoms with Crippen LogP contribution in [0.5, 0.6) is 5.75 Å². The second kappa shape index (κ2) is 9.45. The van der Waals surface area contributed by atoms with Crippen molar-refractivity contribution in [1.82, 2.24) is 19.8 Å². The van der Waals surface area contributed by atoms with Gasteiger partial charge in [-0.2, -0.15) is 0 Å². The third-order valence-electron chi connectivity index (χ3n) is 3.94. The van der Waals surface area contributed by atoms with E-state index in [0.29, 0.717) is 24.1 Å². The molecule has 0 fully saturated rings. The van der Waals surface area contributed by atoms with Gasteiger partial charge in [0.25, 0.3) is 0 Å². The lowest BCUT2D eigenvalue weighted by atomic mass is 10.1. The van der Waals surface area contributed by atoms with Gasteiger partial charge < -0.3 is 15.5 Å². The van der Waals surface area contributed by atoms with Crippen molar-refractivity contribution in [2.45, 2.75) is 39.5 Å². The van der Waals surface area contributed by atoms with Crippen LogP contribution in [0.2, 0.25) is 0 Å². The predicted octanol–water partition coefficient (Wildman–Crippen LogP) is 2.70. The molecule has 2 rings (SSSR count). The van der Waals surface area contributed by atoms with Crippen LogP contribution in [0.15, 0.2) is 35.5 Å². The summed E-state index contributed by atoms with van der Waals surface area (Å²) in [5.41, 5.74) is 3.18. The van der Waals surface area contributed by atoms with Gasteiger partial charge in [-0.1, -0.05) is 41.6 Å². The van der Waals surface area contributed by atoms with Gasteiger partial charge in [0.2, 0.25) is 11.1 Å². The van der Waals surface area contributed by atoms with E-state index in [1.807, 2.05) is 39.8 Å². The average molecular weight is 390 g/mol. The molecule has 146 valence electrons. The molecule has 8 heteroatoms. The van der Waals surface area contributed by atoms with Crippen molar-refractivity contribution in [3.63, 3.8) is 0 Å². The summed E-state index contributed by atoms with van der Waals surface area (Å²) in [6.07, 6.45) is 0. The molecule has 0 spiro atoms. The van der Waals surface area contributed by atoms with E-state index in [1.54, 1.807) is 4.90 Å². The Morgan fingerprint density at radius 3 is 2.74 bits per heavy atom. The lowest BCUT2D eigenvalue weighted by Gasteiger charge is -2.20. The van der Waals surface area contributed by atoms with Crippen LogP contribution in [-0.4, -0.2) is 44.5 Å². The van der Waals surface area contributed by atoms with Gasteiger partial charge in [0.05, 0.1) is 5.75 Å². The molecule has 0 aliphatic heterocycles. The second-order valence-electron chi connectivity index (χ2n) is 6.48. The molecule has 0 bridgehead atoms. The van der Waals surface area contributed by atoms with Gasteiger partial charge in [0, 0.05) is 13.1 Å². The van der Waals surface area contributed by atoms with E-state index < -0.39 is 0 Å². The maximum Gasteiger partial charge on any atom is 0.233 e. The zero-order valence-corrected chi connectivity index (χ0v) is 17.2. The molecule has 1 aromatic carbocycles. The standard InChI is InChI=1S/C19H27N5O2S/c1-6-23(10-13(2)3)18(25)12-27-19-22-21-17(24(19)20)11-26-16-8-7-14(4)9-15(16)5/h7-9H,2,6,10-12,20H2,1,3-5H3. The highest BCUT2D eigenvalue weighted by Crippen LogP contribution is 2.21. The van der Waals surface area contributed by atoms with Crippen molar-refractivity contribution in [3.8, 4) is 5.75 Å². The number of carbonyl (C=O) groups excluding carboxylic acids is 1. The SMILES string of the molecule is C=C(C)CN(CC)C(=O)CSc1nnc(COc2ccc(C)cc2C)n1N. The minimum atomic E-state index is 0.0154. The monoisotopic (exact) mass is 389 g/mol. The number of carbonyl (C=O) groups is 1. The van der Waals surface area contributed by atoms with Crippen LogP contribution in [0.1, 0.15) is 30.8 Å². The molecule has 1 heterocycles. The van der Waals surface area contributed by atoms with E-state index in [1.165, 1.54) is 22.0 Å². The number of nitrogens with zero attached hydrogens (tertiary/aromatic N) is 4. The molecule has 0 atom stereocenters. The Labute approximate surface area is 164 Å². The Balaban J connectivity index is 1.94. The molecule has 1 aromatic heterocycles. The summed E-state index contributed by atoms with van der Waals surface area (Å²) in [6, 6.07) is 5.98. The first-order valence-electron chi connectivity index (χ1n) is 8.76. The van der Waals surface area contributed by atoms with Gasteiger partial charge in [-0.05, 0) is 39.3 Å². The fraction of sp³-hybridized carbons (Fsp3) is 0.421. The fourth-order valence-electron chi connectivity index (χ4n) is 2.53. The third kappa shape index (κ3) is 5.75. The number of aryl methyl sites for hydroxylation is 2. The molecule has 0 radical (unpaired) electrons. The molecule has 7 nitrogen and oxygen atoms in total. The quantitative estimate of drug-likeness (QED) is 0.403. The zero-order valence-electron chi connectivity index (χ0n) is 16.4. The van der Waals surface area contributed by atoms with Gasteiger partial charge in [0.1, 0.15) is 12.4 Å². The molecule has 0 aliphatic carbocycles. The van der Waals surface area contributed by atoms with Crippen molar-refractivity contribution in [1.29, 1.82) is 0 Å². The van der Waals surface area contributed by atoms with E-state index in [-0.39, 0.29) is 18.3 Å². The topological polar surface area (TPSA) is 86.3 Å². The summed E-state index contributed by atoms with van der Waals surface area (Å²) in [6.45, 7) is 13.1. The minimum Gasteiger partial charge on any atom is -0.485 e. The highest BCUT2D eigenvalue weighted by Gasteiger charge is 2.16. The lowest BCUT2D eigenvalue weighted by Crippen LogP contribution is -2.33. The van der Waals surface area contributed by atoms with Gasteiger partial charge in [0.15, 0.2) is 5.82 Å². The Morgan fingerprint density at radius 2 is 2.11 bits per heavy atom. The number of nitrogens with two attached hydrogens (primary N) is 1. The number of aromatic nitrogens is 3. The van der Waals surface area contributed by atoms with Crippen LogP contribution in [0.4, 0.5) is 0 Å². The predicted molar refractivity (Wildman–Crippen MR) is 108 cm³/mol. The molecule has 2 N–H and O–H groups in total. The summed E-state index contributed by atoms with van der Waals surface area (Å²) in [5.74, 6) is 7.60. The number of amides is 1. The zero-order chi connectivity index (χ0) is 20.0. The number of likely N-dealkylation sites (N-methyl/N-ethyl adjacent to an activating group) is 1. The van der Waals surface area contributed by atoms with E-state index >= 15 is 0 Å². The molecule has 1 amide bonds. The Morgan fingerprint density at radius 1 is 1.37 bits per heavy atom. The molecule has 2 aromatic rings. The maximum atomic E-state index is 12.3. The smallest absolute Gasteiger partial charge is 0.233 e. The van der Waals surface area contributed by atoms with E-state index in [4.69, 9.17) is 10.6 Å². The molecule has 0 unspecified atom stereocenters. The first-order chi connectivity index (χ1) is 12.8. The first kappa shape index (κ1) is 20.8. The summed E-state index contributed by atoms with van der Waals surface area (Å²) in [5, 5.41) is 8.62. The van der Waals surface area contributed by atoms with Crippen LogP contribution in [0.3, 0.4) is 0 Å². The number of rotatable bonds is 9. The van der Waals surface area contributed by atoms with Gasteiger partial charge in [-0.25, -0.2) is 4.68 Å². The molecular formula is C19H27N5O2S. The molecule has 0 saturated heterocycles. The Hall–Kier alpha value is -2.48. The van der Waals surface area contributed by atoms with Crippen LogP contribution < -0.4 is 10.6 Å². The highest BCUT2D eigenvalue weighted by molar-refractivity contribution is 7.99. The van der Waals surface area contributed by atoms with Crippen molar-refractivity contribution in [2.24, 2.45) is 0 Å². The van der Waals surface area contributed by atoms with E-state index in [2.05, 4.69) is 22.8 Å². The summed E-state index contributed by atoms with van der Waals surface area (Å²) < 4.78 is 7.17. The molecule has 0 aliphatic rings. The number of benzene rings is 1. The Bertz CT molecular complexity index is 818. The Kier molecular flexibility index (Phi) is 7.29. The first-order valence-corrected chi connectivity index (χ1v) is 9.74. The fourth-order valence-corrected chi connectivity index (χ4v) is 3.31. The van der Waals surface area contributed by atoms with Crippen molar-refractivity contribution < 1.29 is 9.53 Å². The minimum absolute atomic E-state index is 0.0154. The van der Waals surface area contributed by atoms with Crippen LogP contribution in [-0.2, 0) is 11.4 Å². The lowest BCUT2D eigenvalue weighted by molar-refractivity contribution is -0.127. The summed E-state index contributed by atoms with van der Waals surface area (Å²) in [7, 11) is 0. The van der Waals surface area contributed by atoms with Crippen molar-refractivity contribution in [2.75, 3.05) is 24.7 Å². The third-order valence-corrected chi connectivity index (χ3v) is 4.87. The summed E-state index contributed by atoms with van der Waals surface area (Å²) in [4.78, 5) is 14.1. The maximum absolute atomic E-state index is 12.3. The van der Waals surface area contributed by atoms with Crippen LogP contribution in [0, 0.1) is 13.8 Å². The molecular weight excluding hydrogens is 362 g/mol. The second-order valence-corrected chi connectivity index (χ2v) is 7.42. The average Bonchev–Trinajstić information content (AvgIpc) is 2.96. The van der Waals surface area contributed by atoms with E-state index in [9.17, 15) is 4.79 Å². The van der Waals surface area contributed by atoms with Gasteiger partial charge >= 0.3 is 0 Å². The number of hydrogen-bond acceptors (Lipinski definition) is 6. The largest absolute Gasteiger partial charge is 0.485 e. The van der Waals surface area contributed by atoms with Crippen LogP contribution in [0.25, 0.3) is 0 Å². The normalized spacial score (nSPS) is 10.7. The van der Waals surface area contributed by atoms with Crippen molar-refractivity contribution >= 4 is 17.7 Å². The van der Waals surface area contributed by atoms with Gasteiger partial charge in [-0.15, -0.1) is 10.2 Å². The van der Waals surface area contributed by atoms with Gasteiger partial charge in [-0.3, -0.25) is 4.79 Å². The number of thioether (sulfide) groups is 1. The highest BCUT2D eigenvalue weighted by atomic mass is 32.2. The molecule has 0 saturated carbocycles. The number of nitrogen functional groups attached to an aromatic ring is 1. The number of hydrogen-bond donors (Lipinski definition) is 1. The summed E-state index contributed by atoms with van der Waals surface area (Å²) >= 11 is 1.26. The number of ether oxygens (including phenoxy) is 1.